The van der Waals surface area contributed by atoms with Crippen molar-refractivity contribution in [2.75, 3.05) is 0 Å². The molecule has 0 saturated heterocycles. The number of carbonyl (C=O) groups excluding carboxylic acids is 1. The van der Waals surface area contributed by atoms with E-state index in [1.807, 2.05) is 31.2 Å². The number of hydrogen-bond acceptors (Lipinski definition) is 3. The second-order valence-corrected chi connectivity index (χ2v) is 6.24. The fourth-order valence-corrected chi connectivity index (χ4v) is 2.50. The molecule has 0 radical (unpaired) electrons. The van der Waals surface area contributed by atoms with Crippen LogP contribution in [-0.4, -0.2) is 11.9 Å². The van der Waals surface area contributed by atoms with Gasteiger partial charge in [0.05, 0.1) is 11.6 Å². The van der Waals surface area contributed by atoms with Gasteiger partial charge in [-0.3, -0.25) is 4.79 Å². The summed E-state index contributed by atoms with van der Waals surface area (Å²) in [5.41, 5.74) is 6.79. The first-order valence-corrected chi connectivity index (χ1v) is 8.70. The number of ether oxygens (including phenoxy) is 1. The third-order valence-electron chi connectivity index (χ3n) is 3.98. The number of nitrogens with one attached hydrogen (secondary N) is 1. The molecule has 7 heteroatoms. The quantitative estimate of drug-likeness (QED) is 0.727. The molecule has 1 atom stereocenters. The molecule has 4 nitrogen and oxygen atoms in total. The Hall–Kier alpha value is -2.54. The highest BCUT2D eigenvalue weighted by Crippen LogP contribution is 2.30. The highest BCUT2D eigenvalue weighted by molar-refractivity contribution is 5.81. The summed E-state index contributed by atoms with van der Waals surface area (Å²) in [6.07, 6.45) is -2.89. The number of halogens is 3. The molecule has 3 N–H and O–H groups in total. The summed E-state index contributed by atoms with van der Waals surface area (Å²) >= 11 is 0. The number of rotatable bonds is 8. The van der Waals surface area contributed by atoms with E-state index >= 15 is 0 Å². The molecular formula is C20H23F3N2O2. The summed E-state index contributed by atoms with van der Waals surface area (Å²) < 4.78 is 43.2. The molecule has 1 amide bonds. The van der Waals surface area contributed by atoms with Crippen LogP contribution in [0.1, 0.15) is 36.5 Å². The van der Waals surface area contributed by atoms with Crippen LogP contribution in [0.25, 0.3) is 0 Å². The summed E-state index contributed by atoms with van der Waals surface area (Å²) in [5.74, 6) is 0.163. The van der Waals surface area contributed by atoms with Crippen molar-refractivity contribution in [2.24, 2.45) is 5.73 Å². The Bertz CT molecular complexity index is 746. The molecule has 2 aromatic rings. The van der Waals surface area contributed by atoms with E-state index in [9.17, 15) is 18.0 Å². The minimum Gasteiger partial charge on any atom is -0.489 e. The predicted molar refractivity (Wildman–Crippen MR) is 96.9 cm³/mol. The zero-order valence-corrected chi connectivity index (χ0v) is 15.1. The van der Waals surface area contributed by atoms with Gasteiger partial charge >= 0.3 is 6.18 Å². The Morgan fingerprint density at radius 3 is 2.44 bits per heavy atom. The molecule has 0 aromatic heterocycles. The van der Waals surface area contributed by atoms with E-state index in [2.05, 4.69) is 5.32 Å². The van der Waals surface area contributed by atoms with Gasteiger partial charge in [-0.2, -0.15) is 13.2 Å². The molecule has 27 heavy (non-hydrogen) atoms. The maximum atomic E-state index is 12.6. The Kier molecular flexibility index (Phi) is 7.24. The molecule has 2 aromatic carbocycles. The Morgan fingerprint density at radius 1 is 1.15 bits per heavy atom. The highest BCUT2D eigenvalue weighted by Gasteiger charge is 2.30. The van der Waals surface area contributed by atoms with Crippen molar-refractivity contribution in [3.8, 4) is 5.75 Å². The van der Waals surface area contributed by atoms with Crippen LogP contribution < -0.4 is 15.8 Å². The summed E-state index contributed by atoms with van der Waals surface area (Å²) in [6, 6.07) is 11.5. The topological polar surface area (TPSA) is 64.4 Å². The molecule has 0 aliphatic heterocycles. The van der Waals surface area contributed by atoms with Crippen molar-refractivity contribution in [3.63, 3.8) is 0 Å². The van der Waals surface area contributed by atoms with Crippen LogP contribution in [0.3, 0.4) is 0 Å². The van der Waals surface area contributed by atoms with Crippen molar-refractivity contribution in [3.05, 3.63) is 65.2 Å². The summed E-state index contributed by atoms with van der Waals surface area (Å²) in [7, 11) is 0. The first kappa shape index (κ1) is 20.8. The smallest absolute Gasteiger partial charge is 0.416 e. The summed E-state index contributed by atoms with van der Waals surface area (Å²) in [5, 5.41) is 2.79. The van der Waals surface area contributed by atoms with Gasteiger partial charge in [-0.05, 0) is 41.8 Å². The Morgan fingerprint density at radius 2 is 1.81 bits per heavy atom. The average molecular weight is 380 g/mol. The van der Waals surface area contributed by atoms with Crippen LogP contribution in [0, 0.1) is 0 Å². The Labute approximate surface area is 156 Å². The maximum absolute atomic E-state index is 12.6. The van der Waals surface area contributed by atoms with Gasteiger partial charge in [0.2, 0.25) is 5.91 Å². The van der Waals surface area contributed by atoms with E-state index in [-0.39, 0.29) is 12.5 Å². The fraction of sp³-hybridized carbons (Fsp3) is 0.350. The SMILES string of the molecule is CCCC(N)C(=O)NCc1cccc(COc2ccc(C(F)(F)F)cc2)c1. The van der Waals surface area contributed by atoms with Crippen molar-refractivity contribution in [2.45, 2.75) is 45.1 Å². The van der Waals surface area contributed by atoms with Crippen molar-refractivity contribution in [1.82, 2.24) is 5.32 Å². The van der Waals surface area contributed by atoms with E-state index in [4.69, 9.17) is 10.5 Å². The van der Waals surface area contributed by atoms with Gasteiger partial charge in [-0.15, -0.1) is 0 Å². The molecule has 0 aliphatic carbocycles. The van der Waals surface area contributed by atoms with Gasteiger partial charge in [0.15, 0.2) is 0 Å². The first-order chi connectivity index (χ1) is 12.8. The minimum absolute atomic E-state index is 0.191. The molecule has 2 rings (SSSR count). The number of nitrogens with two attached hydrogens (primary N) is 1. The number of hydrogen-bond donors (Lipinski definition) is 2. The third-order valence-corrected chi connectivity index (χ3v) is 3.98. The van der Waals surface area contributed by atoms with Gasteiger partial charge in [0.25, 0.3) is 0 Å². The largest absolute Gasteiger partial charge is 0.489 e. The molecule has 0 saturated carbocycles. The predicted octanol–water partition coefficient (Wildman–Crippen LogP) is 4.03. The third kappa shape index (κ3) is 6.60. The molecule has 1 unspecified atom stereocenters. The summed E-state index contributed by atoms with van der Waals surface area (Å²) in [4.78, 5) is 11.9. The minimum atomic E-state index is -4.36. The van der Waals surface area contributed by atoms with Gasteiger partial charge in [-0.25, -0.2) is 0 Å². The van der Waals surface area contributed by atoms with Crippen LogP contribution in [0.4, 0.5) is 13.2 Å². The van der Waals surface area contributed by atoms with Crippen molar-refractivity contribution >= 4 is 5.91 Å². The lowest BCUT2D eigenvalue weighted by Gasteiger charge is -2.12. The van der Waals surface area contributed by atoms with Crippen molar-refractivity contribution < 1.29 is 22.7 Å². The number of alkyl halides is 3. The Balaban J connectivity index is 1.89. The second-order valence-electron chi connectivity index (χ2n) is 6.24. The van der Waals surface area contributed by atoms with E-state index < -0.39 is 17.8 Å². The molecule has 0 spiro atoms. The second kappa shape index (κ2) is 9.41. The molecular weight excluding hydrogens is 357 g/mol. The highest BCUT2D eigenvalue weighted by atomic mass is 19.4. The lowest BCUT2D eigenvalue weighted by Crippen LogP contribution is -2.40. The first-order valence-electron chi connectivity index (χ1n) is 8.70. The fourth-order valence-electron chi connectivity index (χ4n) is 2.50. The van der Waals surface area contributed by atoms with Crippen LogP contribution in [-0.2, 0) is 24.1 Å². The van der Waals surface area contributed by atoms with Gasteiger partial charge < -0.3 is 15.8 Å². The van der Waals surface area contributed by atoms with E-state index in [0.29, 0.717) is 18.7 Å². The molecule has 0 heterocycles. The number of carbonyl (C=O) groups is 1. The summed E-state index contributed by atoms with van der Waals surface area (Å²) in [6.45, 7) is 2.53. The zero-order valence-electron chi connectivity index (χ0n) is 15.1. The van der Waals surface area contributed by atoms with Crippen LogP contribution in [0.2, 0.25) is 0 Å². The standard InChI is InChI=1S/C20H23F3N2O2/c1-2-4-18(24)19(26)25-12-14-5-3-6-15(11-14)13-27-17-9-7-16(8-10-17)20(21,22)23/h3,5-11,18H,2,4,12-13,24H2,1H3,(H,25,26). The molecule has 0 bridgehead atoms. The molecule has 0 aliphatic rings. The van der Waals surface area contributed by atoms with Gasteiger partial charge in [0, 0.05) is 6.54 Å². The van der Waals surface area contributed by atoms with Gasteiger partial charge in [-0.1, -0.05) is 37.6 Å². The van der Waals surface area contributed by atoms with Crippen LogP contribution in [0.15, 0.2) is 48.5 Å². The maximum Gasteiger partial charge on any atom is 0.416 e. The number of amides is 1. The zero-order chi connectivity index (χ0) is 19.9. The van der Waals surface area contributed by atoms with Crippen LogP contribution >= 0.6 is 0 Å². The number of benzene rings is 2. The lowest BCUT2D eigenvalue weighted by atomic mass is 10.1. The van der Waals surface area contributed by atoms with Crippen LogP contribution in [0.5, 0.6) is 5.75 Å². The van der Waals surface area contributed by atoms with E-state index in [1.165, 1.54) is 12.1 Å². The van der Waals surface area contributed by atoms with E-state index in [1.54, 1.807) is 0 Å². The average Bonchev–Trinajstić information content (AvgIpc) is 2.64. The van der Waals surface area contributed by atoms with E-state index in [0.717, 1.165) is 29.7 Å². The lowest BCUT2D eigenvalue weighted by molar-refractivity contribution is -0.137. The molecule has 0 fully saturated rings. The van der Waals surface area contributed by atoms with Crippen molar-refractivity contribution in [1.29, 1.82) is 0 Å². The molecule has 146 valence electrons. The normalized spacial score (nSPS) is 12.5. The monoisotopic (exact) mass is 380 g/mol. The van der Waals surface area contributed by atoms with Gasteiger partial charge in [0.1, 0.15) is 12.4 Å².